The maximum Gasteiger partial charge on any atom is 0.0717 e. The highest BCUT2D eigenvalue weighted by Gasteiger charge is 2.28. The minimum Gasteiger partial charge on any atom is -0.376 e. The van der Waals surface area contributed by atoms with Crippen molar-refractivity contribution in [2.45, 2.75) is 12.5 Å². The zero-order valence-corrected chi connectivity index (χ0v) is 16.7. The van der Waals surface area contributed by atoms with Gasteiger partial charge in [0.15, 0.2) is 0 Å². The number of rotatable bonds is 5. The van der Waals surface area contributed by atoms with Crippen molar-refractivity contribution in [3.8, 4) is 0 Å². The van der Waals surface area contributed by atoms with Gasteiger partial charge >= 0.3 is 0 Å². The van der Waals surface area contributed by atoms with Crippen LogP contribution in [0.2, 0.25) is 0 Å². The SMILES string of the molecule is Brc1cc(Br)cc(COCC2CNCC2c2ccccc2)c1.Cl. The van der Waals surface area contributed by atoms with Gasteiger partial charge in [0.05, 0.1) is 13.2 Å². The molecule has 1 saturated heterocycles. The van der Waals surface area contributed by atoms with Crippen LogP contribution in [0.1, 0.15) is 17.0 Å². The summed E-state index contributed by atoms with van der Waals surface area (Å²) < 4.78 is 8.13. The van der Waals surface area contributed by atoms with Crippen LogP contribution in [0.25, 0.3) is 0 Å². The van der Waals surface area contributed by atoms with E-state index in [9.17, 15) is 0 Å². The second-order valence-corrected chi connectivity index (χ2v) is 7.56. The third-order valence-corrected chi connectivity index (χ3v) is 5.01. The molecular weight excluding hydrogens is 441 g/mol. The topological polar surface area (TPSA) is 21.3 Å². The van der Waals surface area contributed by atoms with E-state index in [4.69, 9.17) is 4.74 Å². The molecule has 2 atom stereocenters. The summed E-state index contributed by atoms with van der Waals surface area (Å²) >= 11 is 7.03. The molecule has 23 heavy (non-hydrogen) atoms. The smallest absolute Gasteiger partial charge is 0.0717 e. The van der Waals surface area contributed by atoms with E-state index in [1.165, 1.54) is 11.1 Å². The van der Waals surface area contributed by atoms with E-state index in [-0.39, 0.29) is 12.4 Å². The van der Waals surface area contributed by atoms with Gasteiger partial charge in [0.1, 0.15) is 0 Å². The molecule has 5 heteroatoms. The second-order valence-electron chi connectivity index (χ2n) is 5.73. The van der Waals surface area contributed by atoms with Crippen LogP contribution in [0.15, 0.2) is 57.5 Å². The van der Waals surface area contributed by atoms with Crippen molar-refractivity contribution in [3.63, 3.8) is 0 Å². The Balaban J connectivity index is 0.00000192. The molecule has 2 aromatic rings. The molecule has 0 radical (unpaired) electrons. The first-order valence-corrected chi connectivity index (χ1v) is 9.09. The first-order chi connectivity index (χ1) is 10.7. The van der Waals surface area contributed by atoms with Crippen LogP contribution >= 0.6 is 44.3 Å². The molecule has 2 unspecified atom stereocenters. The zero-order chi connectivity index (χ0) is 15.4. The minimum atomic E-state index is 0. The van der Waals surface area contributed by atoms with E-state index in [1.807, 2.05) is 6.07 Å². The number of hydrogen-bond acceptors (Lipinski definition) is 2. The molecule has 2 nitrogen and oxygen atoms in total. The number of nitrogens with one attached hydrogen (secondary N) is 1. The highest BCUT2D eigenvalue weighted by Crippen LogP contribution is 2.28. The number of benzene rings is 2. The summed E-state index contributed by atoms with van der Waals surface area (Å²) in [6, 6.07) is 17.0. The van der Waals surface area contributed by atoms with Crippen LogP contribution in [0, 0.1) is 5.92 Å². The molecule has 2 aromatic carbocycles. The van der Waals surface area contributed by atoms with E-state index < -0.39 is 0 Å². The van der Waals surface area contributed by atoms with Crippen LogP contribution in [0.4, 0.5) is 0 Å². The van der Waals surface area contributed by atoms with Gasteiger partial charge in [-0.3, -0.25) is 0 Å². The van der Waals surface area contributed by atoms with Crippen LogP contribution in [0.3, 0.4) is 0 Å². The first-order valence-electron chi connectivity index (χ1n) is 7.51. The van der Waals surface area contributed by atoms with E-state index >= 15 is 0 Å². The largest absolute Gasteiger partial charge is 0.376 e. The molecular formula is C18H20Br2ClNO. The van der Waals surface area contributed by atoms with Gasteiger partial charge in [0.25, 0.3) is 0 Å². The highest BCUT2D eigenvalue weighted by atomic mass is 79.9. The van der Waals surface area contributed by atoms with Gasteiger partial charge in [-0.2, -0.15) is 0 Å². The molecule has 0 bridgehead atoms. The predicted molar refractivity (Wildman–Crippen MR) is 104 cm³/mol. The van der Waals surface area contributed by atoms with Gasteiger partial charge in [-0.1, -0.05) is 62.2 Å². The molecule has 0 aliphatic carbocycles. The molecule has 3 rings (SSSR count). The van der Waals surface area contributed by atoms with Crippen molar-refractivity contribution in [1.82, 2.24) is 5.32 Å². The van der Waals surface area contributed by atoms with Crippen LogP contribution in [-0.2, 0) is 11.3 Å². The Bertz CT molecular complexity index is 603. The fourth-order valence-corrected chi connectivity index (χ4v) is 4.41. The van der Waals surface area contributed by atoms with Crippen molar-refractivity contribution in [2.75, 3.05) is 19.7 Å². The Morgan fingerprint density at radius 3 is 2.39 bits per heavy atom. The maximum atomic E-state index is 5.98. The fraction of sp³-hybridized carbons (Fsp3) is 0.333. The van der Waals surface area contributed by atoms with E-state index in [2.05, 4.69) is 79.6 Å². The fourth-order valence-electron chi connectivity index (χ4n) is 3.02. The number of ether oxygens (including phenoxy) is 1. The van der Waals surface area contributed by atoms with Gasteiger partial charge in [-0.15, -0.1) is 12.4 Å². The molecule has 0 saturated carbocycles. The van der Waals surface area contributed by atoms with Gasteiger partial charge in [0.2, 0.25) is 0 Å². The summed E-state index contributed by atoms with van der Waals surface area (Å²) in [6.45, 7) is 3.51. The summed E-state index contributed by atoms with van der Waals surface area (Å²) in [7, 11) is 0. The second kappa shape index (κ2) is 9.19. The first kappa shape index (κ1) is 18.9. The Hall–Kier alpha value is -0.390. The minimum absolute atomic E-state index is 0. The number of halogens is 3. The lowest BCUT2D eigenvalue weighted by atomic mass is 9.89. The monoisotopic (exact) mass is 459 g/mol. The molecule has 1 aliphatic rings. The zero-order valence-electron chi connectivity index (χ0n) is 12.7. The average molecular weight is 462 g/mol. The Morgan fingerprint density at radius 1 is 1.00 bits per heavy atom. The standard InChI is InChI=1S/C18H19Br2NO.ClH/c19-16-6-13(7-17(20)8-16)11-22-12-15-9-21-10-18(15)14-4-2-1-3-5-14;/h1-8,15,18,21H,9-12H2;1H. The van der Waals surface area contributed by atoms with Crippen LogP contribution in [0.5, 0.6) is 0 Å². The van der Waals surface area contributed by atoms with E-state index in [0.29, 0.717) is 18.4 Å². The Labute approximate surface area is 160 Å². The summed E-state index contributed by atoms with van der Waals surface area (Å²) in [6.07, 6.45) is 0. The van der Waals surface area contributed by atoms with Crippen LogP contribution < -0.4 is 5.32 Å². The third-order valence-electron chi connectivity index (χ3n) is 4.09. The van der Waals surface area contributed by atoms with Crippen molar-refractivity contribution in [3.05, 3.63) is 68.6 Å². The summed E-state index contributed by atoms with van der Waals surface area (Å²) in [5, 5.41) is 3.49. The van der Waals surface area contributed by atoms with Crippen LogP contribution in [-0.4, -0.2) is 19.7 Å². The van der Waals surface area contributed by atoms with Gasteiger partial charge in [-0.05, 0) is 29.3 Å². The summed E-state index contributed by atoms with van der Waals surface area (Å²) in [5.74, 6) is 1.09. The quantitative estimate of drug-likeness (QED) is 0.665. The van der Waals surface area contributed by atoms with Crippen molar-refractivity contribution in [2.24, 2.45) is 5.92 Å². The average Bonchev–Trinajstić information content (AvgIpc) is 2.96. The molecule has 124 valence electrons. The number of hydrogen-bond donors (Lipinski definition) is 1. The molecule has 0 spiro atoms. The molecule has 1 fully saturated rings. The lowest BCUT2D eigenvalue weighted by Gasteiger charge is -2.19. The van der Waals surface area contributed by atoms with Gasteiger partial charge in [0, 0.05) is 33.9 Å². The normalized spacial score (nSPS) is 20.3. The van der Waals surface area contributed by atoms with Crippen molar-refractivity contribution < 1.29 is 4.74 Å². The molecule has 1 N–H and O–H groups in total. The van der Waals surface area contributed by atoms with Crippen molar-refractivity contribution in [1.29, 1.82) is 0 Å². The Kier molecular flexibility index (Phi) is 7.57. The molecule has 0 amide bonds. The molecule has 1 heterocycles. The van der Waals surface area contributed by atoms with E-state index in [1.54, 1.807) is 0 Å². The summed E-state index contributed by atoms with van der Waals surface area (Å²) in [4.78, 5) is 0. The molecule has 0 aromatic heterocycles. The summed E-state index contributed by atoms with van der Waals surface area (Å²) in [5.41, 5.74) is 2.59. The van der Waals surface area contributed by atoms with Gasteiger partial charge < -0.3 is 10.1 Å². The van der Waals surface area contributed by atoms with Gasteiger partial charge in [-0.25, -0.2) is 0 Å². The third kappa shape index (κ3) is 5.30. The predicted octanol–water partition coefficient (Wildman–Crippen LogP) is 5.15. The van der Waals surface area contributed by atoms with Crippen molar-refractivity contribution >= 4 is 44.3 Å². The lowest BCUT2D eigenvalue weighted by molar-refractivity contribution is 0.0876. The highest BCUT2D eigenvalue weighted by molar-refractivity contribution is 9.11. The lowest BCUT2D eigenvalue weighted by Crippen LogP contribution is -2.17. The molecule has 1 aliphatic heterocycles. The Morgan fingerprint density at radius 2 is 1.70 bits per heavy atom. The van der Waals surface area contributed by atoms with E-state index in [0.717, 1.165) is 28.6 Å². The maximum absolute atomic E-state index is 5.98.